The summed E-state index contributed by atoms with van der Waals surface area (Å²) < 4.78 is 3.81. The van der Waals surface area contributed by atoms with Crippen LogP contribution in [-0.2, 0) is 5.41 Å². The van der Waals surface area contributed by atoms with Gasteiger partial charge in [-0.05, 0) is 52.2 Å². The van der Waals surface area contributed by atoms with E-state index in [0.717, 1.165) is 0 Å². The van der Waals surface area contributed by atoms with Gasteiger partial charge in [-0.1, -0.05) is 69.3 Å². The second-order valence-electron chi connectivity index (χ2n) is 8.37. The molecular weight excluding hydrogens is 359 g/mol. The molecule has 2 aromatic heterocycles. The van der Waals surface area contributed by atoms with Crippen LogP contribution < -0.4 is 0 Å². The highest BCUT2D eigenvalue weighted by Gasteiger charge is 2.23. The van der Waals surface area contributed by atoms with Crippen molar-refractivity contribution in [3.63, 3.8) is 0 Å². The van der Waals surface area contributed by atoms with Gasteiger partial charge in [0.25, 0.3) is 0 Å². The minimum absolute atomic E-state index is 0.0470. The van der Waals surface area contributed by atoms with Gasteiger partial charge in [0.1, 0.15) is 0 Å². The van der Waals surface area contributed by atoms with Crippen molar-refractivity contribution in [3.05, 3.63) is 89.9 Å². The minimum Gasteiger partial charge on any atom is -0.312 e. The molecule has 0 amide bonds. The molecule has 2 heterocycles. The SMILES string of the molecule is CC(C)(C)c1cc2ccccc2n1-c1cc(-c2ccccc2)cc2c[13cH]sc12. The predicted molar refractivity (Wildman–Crippen MR) is 123 cm³/mol. The molecule has 0 unspecified atom stereocenters. The molecule has 0 saturated carbocycles. The van der Waals surface area contributed by atoms with Crippen molar-refractivity contribution in [1.82, 2.24) is 4.57 Å². The van der Waals surface area contributed by atoms with Gasteiger partial charge in [0.05, 0.1) is 15.9 Å². The van der Waals surface area contributed by atoms with Crippen molar-refractivity contribution in [2.24, 2.45) is 0 Å². The van der Waals surface area contributed by atoms with Gasteiger partial charge < -0.3 is 4.57 Å². The van der Waals surface area contributed by atoms with Crippen LogP contribution in [0.15, 0.2) is 84.2 Å². The van der Waals surface area contributed by atoms with Crippen LogP contribution in [0.2, 0.25) is 0 Å². The fourth-order valence-electron chi connectivity index (χ4n) is 3.99. The molecule has 0 aliphatic heterocycles. The van der Waals surface area contributed by atoms with E-state index in [0.29, 0.717) is 0 Å². The first-order valence-electron chi connectivity index (χ1n) is 9.70. The van der Waals surface area contributed by atoms with E-state index in [2.05, 4.69) is 110 Å². The topological polar surface area (TPSA) is 4.93 Å². The number of benzene rings is 3. The van der Waals surface area contributed by atoms with E-state index in [1.54, 1.807) is 0 Å². The zero-order chi connectivity index (χ0) is 19.3. The Bertz CT molecular complexity index is 1280. The molecule has 3 aromatic carbocycles. The maximum Gasteiger partial charge on any atom is 0.0643 e. The summed E-state index contributed by atoms with van der Waals surface area (Å²) in [7, 11) is 0. The molecule has 2 heteroatoms. The van der Waals surface area contributed by atoms with Gasteiger partial charge in [-0.15, -0.1) is 11.3 Å². The number of para-hydroxylation sites is 1. The van der Waals surface area contributed by atoms with Crippen LogP contribution in [-0.4, -0.2) is 4.57 Å². The standard InChI is InChI=1S/C26H23NS/c1-26(2,3)24-17-19-11-7-8-12-22(19)27(24)23-16-21(18-9-5-4-6-10-18)15-20-13-14-28-25(20)23/h4-17H,1-3H3/i14+1. The van der Waals surface area contributed by atoms with Crippen LogP contribution in [0.4, 0.5) is 0 Å². The Morgan fingerprint density at radius 3 is 2.25 bits per heavy atom. The Morgan fingerprint density at radius 1 is 0.714 bits per heavy atom. The van der Waals surface area contributed by atoms with Crippen LogP contribution in [0.3, 0.4) is 0 Å². The molecule has 5 aromatic rings. The minimum atomic E-state index is 0.0470. The largest absolute Gasteiger partial charge is 0.312 e. The quantitative estimate of drug-likeness (QED) is 0.293. The summed E-state index contributed by atoms with van der Waals surface area (Å²) in [5, 5.41) is 4.80. The molecule has 0 aliphatic carbocycles. The summed E-state index contributed by atoms with van der Waals surface area (Å²) in [6, 6.07) is 28.6. The maximum atomic E-state index is 2.47. The second kappa shape index (κ2) is 6.35. The summed E-state index contributed by atoms with van der Waals surface area (Å²) in [6.45, 7) is 6.89. The molecule has 0 saturated heterocycles. The zero-order valence-corrected chi connectivity index (χ0v) is 17.3. The van der Waals surface area contributed by atoms with E-state index in [9.17, 15) is 0 Å². The molecule has 0 radical (unpaired) electrons. The van der Waals surface area contributed by atoms with Gasteiger partial charge in [-0.3, -0.25) is 0 Å². The lowest BCUT2D eigenvalue weighted by molar-refractivity contribution is 0.560. The van der Waals surface area contributed by atoms with E-state index in [1.807, 2.05) is 11.3 Å². The number of hydrogen-bond acceptors (Lipinski definition) is 1. The summed E-state index contributed by atoms with van der Waals surface area (Å²) >= 11 is 1.82. The average molecular weight is 383 g/mol. The van der Waals surface area contributed by atoms with Crippen LogP contribution in [0.1, 0.15) is 26.5 Å². The zero-order valence-electron chi connectivity index (χ0n) is 16.4. The van der Waals surface area contributed by atoms with E-state index in [4.69, 9.17) is 0 Å². The lowest BCUT2D eigenvalue weighted by Crippen LogP contribution is -2.16. The van der Waals surface area contributed by atoms with Gasteiger partial charge in [-0.2, -0.15) is 0 Å². The number of fused-ring (bicyclic) bond motifs is 2. The first-order valence-corrected chi connectivity index (χ1v) is 10.6. The predicted octanol–water partition coefficient (Wildman–Crippen LogP) is 7.81. The van der Waals surface area contributed by atoms with Crippen molar-refractivity contribution < 1.29 is 0 Å². The summed E-state index contributed by atoms with van der Waals surface area (Å²) in [5.74, 6) is 0. The number of thiophene rings is 1. The Morgan fingerprint density at radius 2 is 1.46 bits per heavy atom. The lowest BCUT2D eigenvalue weighted by Gasteiger charge is -2.23. The van der Waals surface area contributed by atoms with Crippen LogP contribution in [0.5, 0.6) is 0 Å². The van der Waals surface area contributed by atoms with Crippen LogP contribution in [0.25, 0.3) is 37.8 Å². The smallest absolute Gasteiger partial charge is 0.0643 e. The molecule has 0 aliphatic rings. The summed E-state index contributed by atoms with van der Waals surface area (Å²) in [6.07, 6.45) is 0. The summed E-state index contributed by atoms with van der Waals surface area (Å²) in [5.41, 5.74) is 6.45. The lowest BCUT2D eigenvalue weighted by atomic mass is 9.91. The van der Waals surface area contributed by atoms with E-state index >= 15 is 0 Å². The molecular formula is C26H23NS. The van der Waals surface area contributed by atoms with Gasteiger partial charge >= 0.3 is 0 Å². The highest BCUT2D eigenvalue weighted by molar-refractivity contribution is 7.17. The number of hydrogen-bond donors (Lipinski definition) is 0. The molecule has 0 N–H and O–H groups in total. The fourth-order valence-corrected chi connectivity index (χ4v) is 4.88. The van der Waals surface area contributed by atoms with Gasteiger partial charge in [0.2, 0.25) is 0 Å². The van der Waals surface area contributed by atoms with Gasteiger partial charge in [-0.25, -0.2) is 0 Å². The third kappa shape index (κ3) is 2.76. The van der Waals surface area contributed by atoms with Crippen molar-refractivity contribution in [1.29, 1.82) is 0 Å². The van der Waals surface area contributed by atoms with Crippen LogP contribution in [0, 0.1) is 0 Å². The Labute approximate surface area is 169 Å². The molecule has 0 atom stereocenters. The fraction of sp³-hybridized carbons (Fsp3) is 0.154. The van der Waals surface area contributed by atoms with Crippen molar-refractivity contribution in [3.8, 4) is 16.8 Å². The van der Waals surface area contributed by atoms with E-state index in [1.165, 1.54) is 43.5 Å². The van der Waals surface area contributed by atoms with E-state index in [-0.39, 0.29) is 5.41 Å². The normalized spacial score (nSPS) is 12.1. The third-order valence-corrected chi connectivity index (χ3v) is 6.31. The molecule has 28 heavy (non-hydrogen) atoms. The molecule has 0 fully saturated rings. The molecule has 1 nitrogen and oxygen atoms in total. The molecule has 0 spiro atoms. The van der Waals surface area contributed by atoms with Crippen molar-refractivity contribution >= 4 is 32.3 Å². The highest BCUT2D eigenvalue weighted by atomic mass is 32.1. The Hall–Kier alpha value is -2.84. The second-order valence-corrected chi connectivity index (χ2v) is 9.29. The maximum absolute atomic E-state index is 2.47. The van der Waals surface area contributed by atoms with Crippen molar-refractivity contribution in [2.45, 2.75) is 26.2 Å². The van der Waals surface area contributed by atoms with Crippen LogP contribution >= 0.6 is 11.3 Å². The third-order valence-electron chi connectivity index (χ3n) is 5.36. The molecule has 138 valence electrons. The number of rotatable bonds is 2. The van der Waals surface area contributed by atoms with Gasteiger partial charge in [0, 0.05) is 16.5 Å². The summed E-state index contributed by atoms with van der Waals surface area (Å²) in [4.78, 5) is 0. The first-order chi connectivity index (χ1) is 13.5. The highest BCUT2D eigenvalue weighted by Crippen LogP contribution is 2.39. The number of nitrogens with zero attached hydrogens (tertiary/aromatic N) is 1. The number of aromatic nitrogens is 1. The monoisotopic (exact) mass is 382 g/mol. The van der Waals surface area contributed by atoms with Crippen molar-refractivity contribution in [2.75, 3.05) is 0 Å². The van der Waals surface area contributed by atoms with Gasteiger partial charge in [0.15, 0.2) is 0 Å². The average Bonchev–Trinajstić information content (AvgIpc) is 3.32. The Kier molecular flexibility index (Phi) is 3.92. The van der Waals surface area contributed by atoms with E-state index < -0.39 is 0 Å². The Balaban J connectivity index is 1.89. The first kappa shape index (κ1) is 17.3. The molecule has 0 bridgehead atoms. The molecule has 5 rings (SSSR count).